The zero-order valence-corrected chi connectivity index (χ0v) is 6.53. The van der Waals surface area contributed by atoms with E-state index in [9.17, 15) is 4.79 Å². The van der Waals surface area contributed by atoms with Gasteiger partial charge < -0.3 is 5.32 Å². The topological polar surface area (TPSA) is 54.9 Å². The summed E-state index contributed by atoms with van der Waals surface area (Å²) in [4.78, 5) is 10.5. The highest BCUT2D eigenvalue weighted by Gasteiger charge is 1.96. The molecule has 0 atom stereocenters. The van der Waals surface area contributed by atoms with E-state index in [0.717, 1.165) is 0 Å². The van der Waals surface area contributed by atoms with Gasteiger partial charge in [0.25, 0.3) is 0 Å². The number of anilines is 1. The van der Waals surface area contributed by atoms with Gasteiger partial charge in [0, 0.05) is 6.92 Å². The van der Waals surface area contributed by atoms with E-state index in [0.29, 0.717) is 11.5 Å². The molecule has 1 rings (SSSR count). The van der Waals surface area contributed by atoms with Gasteiger partial charge in [0.15, 0.2) is 5.82 Å². The van der Waals surface area contributed by atoms with Gasteiger partial charge in [0.2, 0.25) is 5.91 Å². The summed E-state index contributed by atoms with van der Waals surface area (Å²) in [6, 6.07) is 3.21. The van der Waals surface area contributed by atoms with Crippen LogP contribution in [0.2, 0.25) is 0 Å². The van der Waals surface area contributed by atoms with Crippen LogP contribution in [0.1, 0.15) is 12.6 Å². The van der Waals surface area contributed by atoms with E-state index in [1.54, 1.807) is 12.1 Å². The lowest BCUT2D eigenvalue weighted by atomic mass is 10.4. The second-order valence-electron chi connectivity index (χ2n) is 2.13. The van der Waals surface area contributed by atoms with Gasteiger partial charge in [-0.05, 0) is 18.1 Å². The number of carbonyl (C=O) groups excluding carboxylic acids is 1. The molecule has 60 valence electrons. The Bertz CT molecular complexity index is 323. The van der Waals surface area contributed by atoms with Crippen molar-refractivity contribution in [1.29, 1.82) is 0 Å². The van der Waals surface area contributed by atoms with Crippen molar-refractivity contribution in [3.8, 4) is 12.3 Å². The molecule has 0 fully saturated rings. The highest BCUT2D eigenvalue weighted by Crippen LogP contribution is 1.99. The molecule has 1 heterocycles. The Kier molecular flexibility index (Phi) is 2.38. The number of terminal acetylenes is 1. The van der Waals surface area contributed by atoms with Crippen molar-refractivity contribution in [3.05, 3.63) is 17.8 Å². The molecule has 1 aromatic rings. The summed E-state index contributed by atoms with van der Waals surface area (Å²) < 4.78 is 0. The molecule has 1 amide bonds. The first kappa shape index (κ1) is 8.21. The van der Waals surface area contributed by atoms with Gasteiger partial charge in [0.1, 0.15) is 5.69 Å². The fraction of sp³-hybridized carbons (Fsp3) is 0.125. The molecule has 0 bridgehead atoms. The first-order valence-electron chi connectivity index (χ1n) is 3.30. The molecule has 0 aliphatic heterocycles. The molecule has 0 saturated heterocycles. The lowest BCUT2D eigenvalue weighted by molar-refractivity contribution is -0.114. The molecule has 4 nitrogen and oxygen atoms in total. The van der Waals surface area contributed by atoms with Crippen LogP contribution in [0.25, 0.3) is 0 Å². The summed E-state index contributed by atoms with van der Waals surface area (Å²) in [6.07, 6.45) is 5.06. The molecule has 0 spiro atoms. The lowest BCUT2D eigenvalue weighted by Gasteiger charge is -1.97. The third-order valence-corrected chi connectivity index (χ3v) is 1.12. The molecule has 0 radical (unpaired) electrons. The third kappa shape index (κ3) is 2.06. The minimum absolute atomic E-state index is 0.183. The first-order chi connectivity index (χ1) is 5.72. The van der Waals surface area contributed by atoms with Gasteiger partial charge in [0.05, 0.1) is 0 Å². The number of carbonyl (C=O) groups is 1. The minimum Gasteiger partial charge on any atom is -0.309 e. The van der Waals surface area contributed by atoms with Crippen molar-refractivity contribution in [2.24, 2.45) is 0 Å². The second-order valence-corrected chi connectivity index (χ2v) is 2.13. The number of amides is 1. The van der Waals surface area contributed by atoms with E-state index >= 15 is 0 Å². The number of nitrogens with one attached hydrogen (secondary N) is 1. The van der Waals surface area contributed by atoms with Gasteiger partial charge in [-0.2, -0.15) is 0 Å². The van der Waals surface area contributed by atoms with Gasteiger partial charge >= 0.3 is 0 Å². The van der Waals surface area contributed by atoms with Crippen LogP contribution < -0.4 is 5.32 Å². The molecule has 12 heavy (non-hydrogen) atoms. The Hall–Kier alpha value is -1.89. The Labute approximate surface area is 70.0 Å². The second kappa shape index (κ2) is 3.49. The van der Waals surface area contributed by atoms with E-state index in [2.05, 4.69) is 21.4 Å². The Morgan fingerprint density at radius 3 is 2.75 bits per heavy atom. The van der Waals surface area contributed by atoms with Crippen molar-refractivity contribution < 1.29 is 4.79 Å². The molecule has 0 saturated carbocycles. The zero-order chi connectivity index (χ0) is 8.97. The van der Waals surface area contributed by atoms with Gasteiger partial charge in [-0.1, -0.05) is 0 Å². The van der Waals surface area contributed by atoms with Crippen LogP contribution in [0.5, 0.6) is 0 Å². The number of hydrogen-bond donors (Lipinski definition) is 1. The summed E-state index contributed by atoms with van der Waals surface area (Å²) in [5.41, 5.74) is 0.448. The quantitative estimate of drug-likeness (QED) is 0.607. The first-order valence-corrected chi connectivity index (χ1v) is 3.30. The highest BCUT2D eigenvalue weighted by atomic mass is 16.1. The van der Waals surface area contributed by atoms with E-state index in [-0.39, 0.29) is 5.91 Å². The summed E-state index contributed by atoms with van der Waals surface area (Å²) in [5, 5.41) is 9.79. The summed E-state index contributed by atoms with van der Waals surface area (Å²) >= 11 is 0. The van der Waals surface area contributed by atoms with Crippen LogP contribution >= 0.6 is 0 Å². The molecule has 4 heteroatoms. The van der Waals surface area contributed by atoms with Crippen LogP contribution in [0, 0.1) is 12.3 Å². The molecule has 0 aromatic carbocycles. The lowest BCUT2D eigenvalue weighted by Crippen LogP contribution is -2.08. The van der Waals surface area contributed by atoms with Crippen molar-refractivity contribution in [2.75, 3.05) is 5.32 Å². The maximum atomic E-state index is 10.5. The maximum absolute atomic E-state index is 10.5. The number of hydrogen-bond acceptors (Lipinski definition) is 3. The maximum Gasteiger partial charge on any atom is 0.222 e. The largest absolute Gasteiger partial charge is 0.309 e. The zero-order valence-electron chi connectivity index (χ0n) is 6.53. The Morgan fingerprint density at radius 2 is 2.33 bits per heavy atom. The average Bonchev–Trinajstić information content (AvgIpc) is 2.05. The van der Waals surface area contributed by atoms with Crippen LogP contribution in [-0.4, -0.2) is 16.1 Å². The van der Waals surface area contributed by atoms with Gasteiger partial charge in [-0.25, -0.2) is 0 Å². The molecule has 1 N–H and O–H groups in total. The van der Waals surface area contributed by atoms with E-state index in [4.69, 9.17) is 6.42 Å². The van der Waals surface area contributed by atoms with Crippen molar-refractivity contribution in [1.82, 2.24) is 10.2 Å². The van der Waals surface area contributed by atoms with Gasteiger partial charge in [-0.15, -0.1) is 16.6 Å². The molecule has 0 aliphatic carbocycles. The Morgan fingerprint density at radius 1 is 1.58 bits per heavy atom. The monoisotopic (exact) mass is 161 g/mol. The minimum atomic E-state index is -0.183. The smallest absolute Gasteiger partial charge is 0.222 e. The summed E-state index contributed by atoms with van der Waals surface area (Å²) in [5.74, 6) is 2.54. The Balaban J connectivity index is 2.80. The normalized spacial score (nSPS) is 8.67. The van der Waals surface area contributed by atoms with Crippen molar-refractivity contribution in [2.45, 2.75) is 6.92 Å². The third-order valence-electron chi connectivity index (χ3n) is 1.12. The fourth-order valence-corrected chi connectivity index (χ4v) is 0.656. The predicted molar refractivity (Wildman–Crippen MR) is 44.3 cm³/mol. The van der Waals surface area contributed by atoms with Crippen LogP contribution in [-0.2, 0) is 4.79 Å². The highest BCUT2D eigenvalue weighted by molar-refractivity contribution is 5.87. The van der Waals surface area contributed by atoms with E-state index in [1.807, 2.05) is 0 Å². The SMILES string of the molecule is C#Cc1ccc(NC(C)=O)nn1. The van der Waals surface area contributed by atoms with Gasteiger partial charge in [-0.3, -0.25) is 4.79 Å². The number of rotatable bonds is 1. The van der Waals surface area contributed by atoms with Crippen molar-refractivity contribution >= 4 is 11.7 Å². The fourth-order valence-electron chi connectivity index (χ4n) is 0.656. The standard InChI is InChI=1S/C8H7N3O/c1-3-7-4-5-8(11-10-7)9-6(2)12/h1,4-5H,2H3,(H,9,11,12). The summed E-state index contributed by atoms with van der Waals surface area (Å²) in [7, 11) is 0. The molecule has 0 aliphatic rings. The van der Waals surface area contributed by atoms with Crippen molar-refractivity contribution in [3.63, 3.8) is 0 Å². The predicted octanol–water partition coefficient (Wildman–Crippen LogP) is 0.416. The van der Waals surface area contributed by atoms with Crippen LogP contribution in [0.4, 0.5) is 5.82 Å². The van der Waals surface area contributed by atoms with E-state index < -0.39 is 0 Å². The number of aromatic nitrogens is 2. The summed E-state index contributed by atoms with van der Waals surface area (Å²) in [6.45, 7) is 1.40. The molecular formula is C8H7N3O. The molecule has 1 aromatic heterocycles. The molecular weight excluding hydrogens is 154 g/mol. The van der Waals surface area contributed by atoms with Crippen LogP contribution in [0.3, 0.4) is 0 Å². The van der Waals surface area contributed by atoms with Crippen LogP contribution in [0.15, 0.2) is 12.1 Å². The number of nitrogens with zero attached hydrogens (tertiary/aromatic N) is 2. The average molecular weight is 161 g/mol. The molecule has 0 unspecified atom stereocenters. The van der Waals surface area contributed by atoms with E-state index in [1.165, 1.54) is 6.92 Å².